The van der Waals surface area contributed by atoms with Crippen LogP contribution < -0.4 is 9.47 Å². The molecule has 1 atom stereocenters. The highest BCUT2D eigenvalue weighted by atomic mass is 16.5. The largest absolute Gasteiger partial charge is 0.484 e. The third-order valence-corrected chi connectivity index (χ3v) is 5.26. The zero-order valence-electron chi connectivity index (χ0n) is 15.0. The van der Waals surface area contributed by atoms with Gasteiger partial charge in [-0.2, -0.15) is 0 Å². The summed E-state index contributed by atoms with van der Waals surface area (Å²) in [6.45, 7) is 4.61. The van der Waals surface area contributed by atoms with Gasteiger partial charge in [0, 0.05) is 18.4 Å². The van der Waals surface area contributed by atoms with Crippen molar-refractivity contribution in [2.75, 3.05) is 0 Å². The molecule has 2 heterocycles. The minimum absolute atomic E-state index is 0.271. The van der Waals surface area contributed by atoms with Gasteiger partial charge in [0.2, 0.25) is 5.78 Å². The molecule has 2 aliphatic rings. The number of aliphatic hydroxyl groups is 1. The minimum Gasteiger partial charge on any atom is -0.484 e. The Balaban J connectivity index is 1.88. The van der Waals surface area contributed by atoms with Crippen molar-refractivity contribution in [2.45, 2.75) is 44.8 Å². The van der Waals surface area contributed by atoms with Gasteiger partial charge in [-0.3, -0.25) is 9.59 Å². The maximum atomic E-state index is 13.3. The SMILES string of the molecule is CC(=O)CC1(O)C(=O)c2c(ccc3c2Cc2ccccc2O3)OC1(C)C. The van der Waals surface area contributed by atoms with Crippen molar-refractivity contribution in [1.82, 2.24) is 0 Å². The second kappa shape index (κ2) is 5.42. The average Bonchev–Trinajstić information content (AvgIpc) is 2.57. The molecule has 26 heavy (non-hydrogen) atoms. The van der Waals surface area contributed by atoms with Crippen molar-refractivity contribution in [1.29, 1.82) is 0 Å². The van der Waals surface area contributed by atoms with E-state index in [1.165, 1.54) is 6.92 Å². The molecule has 0 fully saturated rings. The fourth-order valence-electron chi connectivity index (χ4n) is 3.76. The number of carbonyl (C=O) groups is 2. The first-order valence-corrected chi connectivity index (χ1v) is 8.60. The second-order valence-electron chi connectivity index (χ2n) is 7.48. The predicted octanol–water partition coefficient (Wildman–Crippen LogP) is 3.45. The van der Waals surface area contributed by atoms with Crippen LogP contribution in [0.5, 0.6) is 17.2 Å². The third kappa shape index (κ3) is 2.27. The number of para-hydroxylation sites is 1. The number of rotatable bonds is 2. The van der Waals surface area contributed by atoms with Gasteiger partial charge in [0.1, 0.15) is 28.6 Å². The lowest BCUT2D eigenvalue weighted by Crippen LogP contribution is -2.62. The maximum Gasteiger partial charge on any atom is 0.203 e. The zero-order valence-corrected chi connectivity index (χ0v) is 15.0. The summed E-state index contributed by atoms with van der Waals surface area (Å²) in [5.41, 5.74) is -1.19. The van der Waals surface area contributed by atoms with Gasteiger partial charge < -0.3 is 14.6 Å². The number of ketones is 2. The number of benzene rings is 2. The van der Waals surface area contributed by atoms with E-state index >= 15 is 0 Å². The molecule has 0 radical (unpaired) electrons. The zero-order chi connectivity index (χ0) is 18.7. The van der Waals surface area contributed by atoms with Crippen LogP contribution in [0.25, 0.3) is 0 Å². The number of carbonyl (C=O) groups excluding carboxylic acids is 2. The third-order valence-electron chi connectivity index (χ3n) is 5.26. The molecule has 2 aromatic rings. The Labute approximate surface area is 151 Å². The van der Waals surface area contributed by atoms with E-state index in [0.717, 1.165) is 11.3 Å². The molecule has 134 valence electrons. The van der Waals surface area contributed by atoms with Gasteiger partial charge in [-0.15, -0.1) is 0 Å². The minimum atomic E-state index is -1.92. The molecule has 0 saturated heterocycles. The topological polar surface area (TPSA) is 72.8 Å². The molecule has 0 aromatic heterocycles. The Bertz CT molecular complexity index is 943. The molecule has 0 amide bonds. The number of fused-ring (bicyclic) bond motifs is 4. The van der Waals surface area contributed by atoms with Crippen LogP contribution in [-0.4, -0.2) is 27.9 Å². The summed E-state index contributed by atoms with van der Waals surface area (Å²) in [4.78, 5) is 25.1. The summed E-state index contributed by atoms with van der Waals surface area (Å²) in [6, 6.07) is 11.1. The molecule has 0 bridgehead atoms. The molecular formula is C21H20O5. The average molecular weight is 352 g/mol. The first-order valence-electron chi connectivity index (χ1n) is 8.60. The Morgan fingerprint density at radius 1 is 1.12 bits per heavy atom. The van der Waals surface area contributed by atoms with Gasteiger partial charge in [0.05, 0.1) is 5.56 Å². The predicted molar refractivity (Wildman–Crippen MR) is 95.0 cm³/mol. The Morgan fingerprint density at radius 3 is 2.54 bits per heavy atom. The first kappa shape index (κ1) is 16.8. The van der Waals surface area contributed by atoms with Gasteiger partial charge in [-0.25, -0.2) is 0 Å². The molecule has 2 aromatic carbocycles. The van der Waals surface area contributed by atoms with Crippen molar-refractivity contribution >= 4 is 11.6 Å². The molecule has 2 aliphatic heterocycles. The van der Waals surface area contributed by atoms with Crippen molar-refractivity contribution in [3.05, 3.63) is 53.1 Å². The molecule has 0 aliphatic carbocycles. The van der Waals surface area contributed by atoms with Crippen LogP contribution in [0, 0.1) is 0 Å². The van der Waals surface area contributed by atoms with Crippen LogP contribution in [0.1, 0.15) is 48.7 Å². The first-order chi connectivity index (χ1) is 12.2. The quantitative estimate of drug-likeness (QED) is 0.765. The highest BCUT2D eigenvalue weighted by Gasteiger charge is 2.57. The van der Waals surface area contributed by atoms with E-state index < -0.39 is 17.0 Å². The van der Waals surface area contributed by atoms with Gasteiger partial charge in [0.25, 0.3) is 0 Å². The lowest BCUT2D eigenvalue weighted by molar-refractivity contribution is -0.132. The van der Waals surface area contributed by atoms with E-state index in [1.807, 2.05) is 24.3 Å². The van der Waals surface area contributed by atoms with Gasteiger partial charge in [-0.05, 0) is 44.5 Å². The summed E-state index contributed by atoms with van der Waals surface area (Å²) in [6.07, 6.45) is 0.208. The van der Waals surface area contributed by atoms with E-state index in [4.69, 9.17) is 9.47 Å². The fourth-order valence-corrected chi connectivity index (χ4v) is 3.76. The Morgan fingerprint density at radius 2 is 1.81 bits per heavy atom. The molecule has 1 N–H and O–H groups in total. The molecule has 0 saturated carbocycles. The normalized spacial score (nSPS) is 22.4. The Kier molecular flexibility index (Phi) is 3.50. The van der Waals surface area contributed by atoms with Crippen LogP contribution in [-0.2, 0) is 11.2 Å². The standard InChI is InChI=1S/C21H20O5/c1-12(22)11-21(24)19(23)18-14-10-13-6-4-5-7-15(13)25-16(14)8-9-17(18)26-20(21,2)3/h4-9,24H,10-11H2,1-3H3. The molecular weight excluding hydrogens is 332 g/mol. The molecule has 5 nitrogen and oxygen atoms in total. The number of hydrogen-bond donors (Lipinski definition) is 1. The number of ether oxygens (including phenoxy) is 2. The van der Waals surface area contributed by atoms with Crippen LogP contribution in [0.2, 0.25) is 0 Å². The number of Topliss-reactive ketones (excluding diaryl/α,β-unsaturated/α-hetero) is 2. The maximum absolute atomic E-state index is 13.3. The van der Waals surface area contributed by atoms with Gasteiger partial charge in [0.15, 0.2) is 5.60 Å². The molecule has 5 heteroatoms. The summed E-state index contributed by atoms with van der Waals surface area (Å²) in [7, 11) is 0. The number of hydrogen-bond acceptors (Lipinski definition) is 5. The molecule has 4 rings (SSSR count). The highest BCUT2D eigenvalue weighted by Crippen LogP contribution is 2.48. The monoisotopic (exact) mass is 352 g/mol. The second-order valence-corrected chi connectivity index (χ2v) is 7.48. The molecule has 1 unspecified atom stereocenters. The summed E-state index contributed by atoms with van der Waals surface area (Å²) in [5, 5.41) is 11.1. The van der Waals surface area contributed by atoms with Crippen LogP contribution in [0.3, 0.4) is 0 Å². The van der Waals surface area contributed by atoms with Crippen LogP contribution in [0.15, 0.2) is 36.4 Å². The van der Waals surface area contributed by atoms with E-state index in [9.17, 15) is 14.7 Å². The van der Waals surface area contributed by atoms with E-state index in [-0.39, 0.29) is 12.2 Å². The smallest absolute Gasteiger partial charge is 0.203 e. The lowest BCUT2D eigenvalue weighted by atomic mass is 9.72. The fraction of sp³-hybridized carbons (Fsp3) is 0.333. The van der Waals surface area contributed by atoms with Gasteiger partial charge in [-0.1, -0.05) is 18.2 Å². The van der Waals surface area contributed by atoms with Crippen molar-refractivity contribution in [3.8, 4) is 17.2 Å². The highest BCUT2D eigenvalue weighted by molar-refractivity contribution is 6.10. The summed E-state index contributed by atoms with van der Waals surface area (Å²) >= 11 is 0. The van der Waals surface area contributed by atoms with Crippen molar-refractivity contribution in [2.24, 2.45) is 0 Å². The Hall–Kier alpha value is -2.66. The van der Waals surface area contributed by atoms with E-state index in [2.05, 4.69) is 0 Å². The van der Waals surface area contributed by atoms with Crippen molar-refractivity contribution < 1.29 is 24.2 Å². The summed E-state index contributed by atoms with van der Waals surface area (Å²) < 4.78 is 11.9. The van der Waals surface area contributed by atoms with E-state index in [0.29, 0.717) is 29.0 Å². The van der Waals surface area contributed by atoms with Crippen LogP contribution >= 0.6 is 0 Å². The van der Waals surface area contributed by atoms with Crippen molar-refractivity contribution in [3.63, 3.8) is 0 Å². The van der Waals surface area contributed by atoms with Gasteiger partial charge >= 0.3 is 0 Å². The van der Waals surface area contributed by atoms with Crippen LogP contribution in [0.4, 0.5) is 0 Å². The summed E-state index contributed by atoms with van der Waals surface area (Å²) in [5.74, 6) is 0.980. The van der Waals surface area contributed by atoms with E-state index in [1.54, 1.807) is 26.0 Å². The molecule has 0 spiro atoms. The lowest BCUT2D eigenvalue weighted by Gasteiger charge is -2.45.